The first kappa shape index (κ1) is 14.3. The Morgan fingerprint density at radius 1 is 1.25 bits per heavy atom. The summed E-state index contributed by atoms with van der Waals surface area (Å²) < 4.78 is 6.69. The summed E-state index contributed by atoms with van der Waals surface area (Å²) in [5, 5.41) is 0. The van der Waals surface area contributed by atoms with Gasteiger partial charge < -0.3 is 15.0 Å². The second-order valence-corrected chi connectivity index (χ2v) is 4.85. The molecule has 1 aromatic carbocycles. The minimum absolute atomic E-state index is 0.250. The minimum atomic E-state index is -0.250. The highest BCUT2D eigenvalue weighted by Crippen LogP contribution is 2.14. The largest absolute Gasteiger partial charge is 0.469 e. The first-order valence-corrected chi connectivity index (χ1v) is 6.61. The summed E-state index contributed by atoms with van der Waals surface area (Å²) in [5.41, 5.74) is 8.50. The van der Waals surface area contributed by atoms with Crippen molar-refractivity contribution in [3.63, 3.8) is 0 Å². The molecule has 1 heterocycles. The van der Waals surface area contributed by atoms with E-state index in [4.69, 9.17) is 22.7 Å². The standard InChI is InChI=1S/C15H16N2O2S/c1-19-14(18)9-11-5-2-3-6-12(11)10-17-8-4-7-13(17)15(16)20/h2-8H,9-10H2,1H3,(H2,16,20). The van der Waals surface area contributed by atoms with Gasteiger partial charge in [-0.25, -0.2) is 0 Å². The van der Waals surface area contributed by atoms with Crippen LogP contribution >= 0.6 is 12.2 Å². The van der Waals surface area contributed by atoms with Gasteiger partial charge in [0.25, 0.3) is 0 Å². The zero-order valence-corrected chi connectivity index (χ0v) is 12.0. The van der Waals surface area contributed by atoms with E-state index in [1.807, 2.05) is 47.2 Å². The molecule has 20 heavy (non-hydrogen) atoms. The number of benzene rings is 1. The van der Waals surface area contributed by atoms with Gasteiger partial charge in [0.1, 0.15) is 4.99 Å². The molecule has 2 aromatic rings. The second-order valence-electron chi connectivity index (χ2n) is 4.41. The van der Waals surface area contributed by atoms with E-state index in [0.29, 0.717) is 11.5 Å². The van der Waals surface area contributed by atoms with Crippen molar-refractivity contribution in [1.29, 1.82) is 0 Å². The highest BCUT2D eigenvalue weighted by Gasteiger charge is 2.10. The number of thiocarbonyl (C=S) groups is 1. The van der Waals surface area contributed by atoms with E-state index in [-0.39, 0.29) is 12.4 Å². The Morgan fingerprint density at radius 3 is 2.60 bits per heavy atom. The van der Waals surface area contributed by atoms with Crippen LogP contribution in [0.4, 0.5) is 0 Å². The molecule has 2 N–H and O–H groups in total. The Morgan fingerprint density at radius 2 is 1.95 bits per heavy atom. The number of aromatic nitrogens is 1. The highest BCUT2D eigenvalue weighted by atomic mass is 32.1. The van der Waals surface area contributed by atoms with Crippen LogP contribution in [0.5, 0.6) is 0 Å². The van der Waals surface area contributed by atoms with Crippen molar-refractivity contribution in [3.05, 3.63) is 59.4 Å². The van der Waals surface area contributed by atoms with Crippen molar-refractivity contribution in [3.8, 4) is 0 Å². The van der Waals surface area contributed by atoms with Gasteiger partial charge >= 0.3 is 5.97 Å². The van der Waals surface area contributed by atoms with Gasteiger partial charge in [-0.1, -0.05) is 36.5 Å². The van der Waals surface area contributed by atoms with Gasteiger partial charge in [-0.15, -0.1) is 0 Å². The van der Waals surface area contributed by atoms with Crippen LogP contribution in [0.1, 0.15) is 16.8 Å². The maximum absolute atomic E-state index is 11.4. The monoisotopic (exact) mass is 288 g/mol. The van der Waals surface area contributed by atoms with Crippen molar-refractivity contribution in [1.82, 2.24) is 4.57 Å². The quantitative estimate of drug-likeness (QED) is 0.674. The number of esters is 1. The molecule has 0 unspecified atom stereocenters. The zero-order chi connectivity index (χ0) is 14.5. The van der Waals surface area contributed by atoms with Crippen molar-refractivity contribution in [2.75, 3.05) is 7.11 Å². The topological polar surface area (TPSA) is 57.2 Å². The summed E-state index contributed by atoms with van der Waals surface area (Å²) in [6.07, 6.45) is 2.18. The third kappa shape index (κ3) is 3.24. The van der Waals surface area contributed by atoms with E-state index in [2.05, 4.69) is 0 Å². The molecule has 4 nitrogen and oxygen atoms in total. The predicted octanol–water partition coefficient (Wildman–Crippen LogP) is 1.89. The van der Waals surface area contributed by atoms with Gasteiger partial charge in [-0.05, 0) is 23.3 Å². The average molecular weight is 288 g/mol. The molecule has 0 aliphatic carbocycles. The average Bonchev–Trinajstić information content (AvgIpc) is 2.89. The fourth-order valence-corrected chi connectivity index (χ4v) is 2.26. The number of carbonyl (C=O) groups excluding carboxylic acids is 1. The van der Waals surface area contributed by atoms with Crippen LogP contribution in [0, 0.1) is 0 Å². The van der Waals surface area contributed by atoms with Crippen LogP contribution in [0.25, 0.3) is 0 Å². The van der Waals surface area contributed by atoms with Gasteiger partial charge in [0, 0.05) is 12.7 Å². The number of carbonyl (C=O) groups is 1. The number of ether oxygens (including phenoxy) is 1. The molecular formula is C15H16N2O2S. The maximum Gasteiger partial charge on any atom is 0.309 e. The van der Waals surface area contributed by atoms with Crippen molar-refractivity contribution in [2.24, 2.45) is 5.73 Å². The van der Waals surface area contributed by atoms with E-state index in [1.165, 1.54) is 7.11 Å². The van der Waals surface area contributed by atoms with Crippen LogP contribution in [0.3, 0.4) is 0 Å². The summed E-state index contributed by atoms with van der Waals surface area (Å²) in [6, 6.07) is 11.5. The van der Waals surface area contributed by atoms with Gasteiger partial charge in [0.05, 0.1) is 19.2 Å². The molecule has 5 heteroatoms. The highest BCUT2D eigenvalue weighted by molar-refractivity contribution is 7.80. The summed E-state index contributed by atoms with van der Waals surface area (Å²) in [5.74, 6) is -0.250. The first-order chi connectivity index (χ1) is 9.61. The normalized spacial score (nSPS) is 10.2. The van der Waals surface area contributed by atoms with Gasteiger partial charge in [-0.2, -0.15) is 0 Å². The molecule has 1 aromatic heterocycles. The Kier molecular flexibility index (Phi) is 4.53. The molecule has 0 bridgehead atoms. The van der Waals surface area contributed by atoms with Gasteiger partial charge in [0.15, 0.2) is 0 Å². The smallest absolute Gasteiger partial charge is 0.309 e. The number of nitrogens with two attached hydrogens (primary N) is 1. The molecule has 0 spiro atoms. The Balaban J connectivity index is 2.27. The van der Waals surface area contributed by atoms with E-state index in [9.17, 15) is 4.79 Å². The Labute approximate surface area is 123 Å². The summed E-state index contributed by atoms with van der Waals surface area (Å²) in [6.45, 7) is 0.618. The third-order valence-corrected chi connectivity index (χ3v) is 3.31. The van der Waals surface area contributed by atoms with Crippen molar-refractivity contribution in [2.45, 2.75) is 13.0 Å². The molecule has 0 aliphatic heterocycles. The lowest BCUT2D eigenvalue weighted by Gasteiger charge is -2.12. The summed E-state index contributed by atoms with van der Waals surface area (Å²) in [4.78, 5) is 11.8. The molecule has 0 saturated heterocycles. The van der Waals surface area contributed by atoms with E-state index in [0.717, 1.165) is 16.8 Å². The number of hydrogen-bond acceptors (Lipinski definition) is 3. The first-order valence-electron chi connectivity index (χ1n) is 6.20. The van der Waals surface area contributed by atoms with Crippen LogP contribution < -0.4 is 5.73 Å². The van der Waals surface area contributed by atoms with Gasteiger partial charge in [0.2, 0.25) is 0 Å². The van der Waals surface area contributed by atoms with Crippen LogP contribution in [0.15, 0.2) is 42.6 Å². The Bertz CT molecular complexity index is 634. The van der Waals surface area contributed by atoms with Crippen LogP contribution in [-0.2, 0) is 22.5 Å². The fourth-order valence-electron chi connectivity index (χ4n) is 2.07. The summed E-state index contributed by atoms with van der Waals surface area (Å²) >= 11 is 5.02. The fraction of sp³-hybridized carbons (Fsp3) is 0.200. The van der Waals surface area contributed by atoms with E-state index >= 15 is 0 Å². The molecule has 2 rings (SSSR count). The molecular weight excluding hydrogens is 272 g/mol. The van der Waals surface area contributed by atoms with Crippen molar-refractivity contribution >= 4 is 23.2 Å². The zero-order valence-electron chi connectivity index (χ0n) is 11.2. The lowest BCUT2D eigenvalue weighted by Crippen LogP contribution is -2.16. The third-order valence-electron chi connectivity index (χ3n) is 3.10. The summed E-state index contributed by atoms with van der Waals surface area (Å²) in [7, 11) is 1.39. The number of nitrogens with zero attached hydrogens (tertiary/aromatic N) is 1. The molecule has 0 atom stereocenters. The lowest BCUT2D eigenvalue weighted by atomic mass is 10.0. The van der Waals surface area contributed by atoms with Crippen LogP contribution in [-0.4, -0.2) is 22.6 Å². The number of rotatable bonds is 5. The minimum Gasteiger partial charge on any atom is -0.469 e. The lowest BCUT2D eigenvalue weighted by molar-refractivity contribution is -0.139. The predicted molar refractivity (Wildman–Crippen MR) is 81.6 cm³/mol. The maximum atomic E-state index is 11.4. The van der Waals surface area contributed by atoms with E-state index in [1.54, 1.807) is 0 Å². The molecule has 0 radical (unpaired) electrons. The second kappa shape index (κ2) is 6.34. The number of methoxy groups -OCH3 is 1. The molecule has 0 amide bonds. The molecule has 0 fully saturated rings. The van der Waals surface area contributed by atoms with Crippen LogP contribution in [0.2, 0.25) is 0 Å². The molecule has 0 aliphatic rings. The molecule has 0 saturated carbocycles. The molecule has 104 valence electrons. The SMILES string of the molecule is COC(=O)Cc1ccccc1Cn1cccc1C(N)=S. The van der Waals surface area contributed by atoms with Crippen molar-refractivity contribution < 1.29 is 9.53 Å². The number of hydrogen-bond donors (Lipinski definition) is 1. The van der Waals surface area contributed by atoms with E-state index < -0.39 is 0 Å². The Hall–Kier alpha value is -2.14. The van der Waals surface area contributed by atoms with Gasteiger partial charge in [-0.3, -0.25) is 4.79 Å².